The van der Waals surface area contributed by atoms with Gasteiger partial charge in [-0.05, 0) is 36.2 Å². The first kappa shape index (κ1) is 16.5. The summed E-state index contributed by atoms with van der Waals surface area (Å²) in [4.78, 5) is 10.3. The Hall–Kier alpha value is -2.83. The molecular weight excluding hydrogens is 303 g/mol. The molecule has 7 heteroatoms. The van der Waals surface area contributed by atoms with E-state index in [0.29, 0.717) is 24.5 Å². The zero-order chi connectivity index (χ0) is 16.8. The smallest absolute Gasteiger partial charge is 0.295 e. The van der Waals surface area contributed by atoms with Crippen LogP contribution in [0.15, 0.2) is 36.4 Å². The average Bonchev–Trinajstić information content (AvgIpc) is 2.55. The van der Waals surface area contributed by atoms with Gasteiger partial charge in [0.05, 0.1) is 25.2 Å². The molecule has 0 aliphatic rings. The molecule has 0 bridgehead atoms. The average molecular weight is 320 g/mol. The molecule has 0 fully saturated rings. The van der Waals surface area contributed by atoms with Crippen molar-refractivity contribution in [1.82, 2.24) is 0 Å². The summed E-state index contributed by atoms with van der Waals surface area (Å²) in [6, 6.07) is 8.99. The van der Waals surface area contributed by atoms with Gasteiger partial charge in [0, 0.05) is 6.54 Å². The third kappa shape index (κ3) is 4.09. The van der Waals surface area contributed by atoms with E-state index in [2.05, 4.69) is 5.32 Å². The normalized spacial score (nSPS) is 10.2. The monoisotopic (exact) mass is 320 g/mol. The fourth-order valence-electron chi connectivity index (χ4n) is 2.18. The van der Waals surface area contributed by atoms with Crippen LogP contribution < -0.4 is 14.8 Å². The lowest BCUT2D eigenvalue weighted by Crippen LogP contribution is -2.07. The number of nitrogens with zero attached hydrogens (tertiary/aromatic N) is 1. The highest BCUT2D eigenvalue weighted by Gasteiger charge is 2.14. The van der Waals surface area contributed by atoms with Crippen molar-refractivity contribution in [3.8, 4) is 11.5 Å². The lowest BCUT2D eigenvalue weighted by molar-refractivity contribution is -0.384. The van der Waals surface area contributed by atoms with Crippen LogP contribution in [-0.4, -0.2) is 25.7 Å². The second-order valence-electron chi connectivity index (χ2n) is 4.78. The Balaban J connectivity index is 2.04. The summed E-state index contributed by atoms with van der Waals surface area (Å²) in [5.74, 6) is 0.623. The largest absolute Gasteiger partial charge is 0.493 e. The fourth-order valence-corrected chi connectivity index (χ4v) is 2.18. The van der Waals surface area contributed by atoms with Crippen molar-refractivity contribution < 1.29 is 18.8 Å². The van der Waals surface area contributed by atoms with E-state index in [9.17, 15) is 14.5 Å². The maximum Gasteiger partial charge on any atom is 0.295 e. The number of nitrogens with one attached hydrogen (secondary N) is 1. The van der Waals surface area contributed by atoms with Crippen LogP contribution in [0.4, 0.5) is 15.8 Å². The molecule has 0 radical (unpaired) electrons. The second kappa shape index (κ2) is 7.44. The molecule has 2 rings (SSSR count). The van der Waals surface area contributed by atoms with Crippen LogP contribution >= 0.6 is 0 Å². The van der Waals surface area contributed by atoms with Crippen LogP contribution in [0.5, 0.6) is 11.5 Å². The molecule has 1 N–H and O–H groups in total. The summed E-state index contributed by atoms with van der Waals surface area (Å²) in [5.41, 5.74) is 0.995. The number of nitro groups is 1. The summed E-state index contributed by atoms with van der Waals surface area (Å²) >= 11 is 0. The van der Waals surface area contributed by atoms with E-state index in [4.69, 9.17) is 9.47 Å². The zero-order valence-corrected chi connectivity index (χ0v) is 12.8. The third-order valence-electron chi connectivity index (χ3n) is 3.33. The summed E-state index contributed by atoms with van der Waals surface area (Å²) in [6.07, 6.45) is 0.620. The van der Waals surface area contributed by atoms with Crippen molar-refractivity contribution in [2.24, 2.45) is 0 Å². The van der Waals surface area contributed by atoms with Gasteiger partial charge < -0.3 is 14.8 Å². The Morgan fingerprint density at radius 1 is 1.13 bits per heavy atom. The standard InChI is InChI=1S/C16H17FN2O4/c1-22-15-6-3-11(9-16(15)23-2)7-8-18-13-5-4-12(17)10-14(13)19(20)21/h3-6,9-10,18H,7-8H2,1-2H3. The molecule has 0 saturated heterocycles. The predicted molar refractivity (Wildman–Crippen MR) is 84.8 cm³/mol. The van der Waals surface area contributed by atoms with Gasteiger partial charge in [-0.1, -0.05) is 6.07 Å². The number of anilines is 1. The Labute approximate surface area is 133 Å². The van der Waals surface area contributed by atoms with E-state index in [1.807, 2.05) is 12.1 Å². The highest BCUT2D eigenvalue weighted by molar-refractivity contribution is 5.61. The highest BCUT2D eigenvalue weighted by atomic mass is 19.1. The van der Waals surface area contributed by atoms with Crippen molar-refractivity contribution in [3.05, 3.63) is 57.9 Å². The molecule has 0 unspecified atom stereocenters. The third-order valence-corrected chi connectivity index (χ3v) is 3.33. The minimum Gasteiger partial charge on any atom is -0.493 e. The van der Waals surface area contributed by atoms with E-state index in [1.165, 1.54) is 12.1 Å². The van der Waals surface area contributed by atoms with Crippen molar-refractivity contribution in [1.29, 1.82) is 0 Å². The van der Waals surface area contributed by atoms with Crippen molar-refractivity contribution in [2.75, 3.05) is 26.1 Å². The molecule has 0 aliphatic heterocycles. The molecule has 6 nitrogen and oxygen atoms in total. The van der Waals surface area contributed by atoms with Crippen LogP contribution in [0.25, 0.3) is 0 Å². The molecule has 2 aromatic carbocycles. The van der Waals surface area contributed by atoms with Gasteiger partial charge in [0.25, 0.3) is 5.69 Å². The molecule has 23 heavy (non-hydrogen) atoms. The van der Waals surface area contributed by atoms with Crippen LogP contribution in [0, 0.1) is 15.9 Å². The molecule has 0 amide bonds. The van der Waals surface area contributed by atoms with E-state index >= 15 is 0 Å². The molecule has 0 heterocycles. The predicted octanol–water partition coefficient (Wildman–Crippen LogP) is 3.41. The van der Waals surface area contributed by atoms with Gasteiger partial charge in [-0.3, -0.25) is 10.1 Å². The zero-order valence-electron chi connectivity index (χ0n) is 12.8. The molecule has 0 spiro atoms. The topological polar surface area (TPSA) is 73.6 Å². The maximum absolute atomic E-state index is 13.1. The van der Waals surface area contributed by atoms with E-state index in [0.717, 1.165) is 11.6 Å². The van der Waals surface area contributed by atoms with Crippen LogP contribution in [0.2, 0.25) is 0 Å². The molecule has 122 valence electrons. The van der Waals surface area contributed by atoms with Gasteiger partial charge in [-0.15, -0.1) is 0 Å². The number of hydrogen-bond acceptors (Lipinski definition) is 5. The van der Waals surface area contributed by atoms with Crippen molar-refractivity contribution >= 4 is 11.4 Å². The van der Waals surface area contributed by atoms with Gasteiger partial charge in [-0.25, -0.2) is 4.39 Å². The van der Waals surface area contributed by atoms with E-state index in [1.54, 1.807) is 20.3 Å². The van der Waals surface area contributed by atoms with Gasteiger partial charge in [0.2, 0.25) is 0 Å². The highest BCUT2D eigenvalue weighted by Crippen LogP contribution is 2.28. The Bertz CT molecular complexity index is 706. The van der Waals surface area contributed by atoms with Crippen LogP contribution in [0.1, 0.15) is 5.56 Å². The number of benzene rings is 2. The van der Waals surface area contributed by atoms with E-state index < -0.39 is 10.7 Å². The summed E-state index contributed by atoms with van der Waals surface area (Å²) in [6.45, 7) is 0.460. The van der Waals surface area contributed by atoms with Crippen molar-refractivity contribution in [2.45, 2.75) is 6.42 Å². The molecule has 0 saturated carbocycles. The quantitative estimate of drug-likeness (QED) is 0.625. The Morgan fingerprint density at radius 3 is 2.52 bits per heavy atom. The molecule has 0 atom stereocenters. The van der Waals surface area contributed by atoms with Crippen LogP contribution in [-0.2, 0) is 6.42 Å². The SMILES string of the molecule is COc1ccc(CCNc2ccc(F)cc2[N+](=O)[O-])cc1OC. The first-order valence-corrected chi connectivity index (χ1v) is 6.94. The second-order valence-corrected chi connectivity index (χ2v) is 4.78. The summed E-state index contributed by atoms with van der Waals surface area (Å²) in [5, 5.41) is 13.9. The van der Waals surface area contributed by atoms with Gasteiger partial charge in [0.1, 0.15) is 11.5 Å². The number of rotatable bonds is 7. The lowest BCUT2D eigenvalue weighted by Gasteiger charge is -2.10. The number of nitro benzene ring substituents is 1. The Kier molecular flexibility index (Phi) is 5.35. The number of halogens is 1. The van der Waals surface area contributed by atoms with Crippen molar-refractivity contribution in [3.63, 3.8) is 0 Å². The van der Waals surface area contributed by atoms with Gasteiger partial charge in [-0.2, -0.15) is 0 Å². The number of methoxy groups -OCH3 is 2. The van der Waals surface area contributed by atoms with Gasteiger partial charge in [0.15, 0.2) is 11.5 Å². The number of ether oxygens (including phenoxy) is 2. The van der Waals surface area contributed by atoms with E-state index in [-0.39, 0.29) is 11.4 Å². The van der Waals surface area contributed by atoms with Gasteiger partial charge >= 0.3 is 0 Å². The lowest BCUT2D eigenvalue weighted by atomic mass is 10.1. The Morgan fingerprint density at radius 2 is 1.87 bits per heavy atom. The maximum atomic E-state index is 13.1. The minimum absolute atomic E-state index is 0.280. The first-order valence-electron chi connectivity index (χ1n) is 6.94. The fraction of sp³-hybridized carbons (Fsp3) is 0.250. The molecule has 2 aromatic rings. The first-order chi connectivity index (χ1) is 11.0. The molecule has 0 aliphatic carbocycles. The molecule has 0 aromatic heterocycles. The van der Waals surface area contributed by atoms with Crippen LogP contribution in [0.3, 0.4) is 0 Å². The number of hydrogen-bond donors (Lipinski definition) is 1. The molecular formula is C16H17FN2O4. The summed E-state index contributed by atoms with van der Waals surface area (Å²) < 4.78 is 23.5. The summed E-state index contributed by atoms with van der Waals surface area (Å²) in [7, 11) is 3.12. The minimum atomic E-state index is -0.637.